The largest absolute Gasteiger partial charge is 0.469 e. The van der Waals surface area contributed by atoms with Crippen LogP contribution in [0.1, 0.15) is 27.2 Å². The van der Waals surface area contributed by atoms with Gasteiger partial charge in [-0.2, -0.15) is 0 Å². The summed E-state index contributed by atoms with van der Waals surface area (Å²) in [4.78, 5) is 32.2. The van der Waals surface area contributed by atoms with Gasteiger partial charge >= 0.3 is 14.8 Å². The van der Waals surface area contributed by atoms with Crippen LogP contribution in [0.5, 0.6) is 0 Å². The summed E-state index contributed by atoms with van der Waals surface area (Å²) in [6, 6.07) is 0.770. The maximum atomic E-state index is 11.1. The molecule has 0 aliphatic heterocycles. The van der Waals surface area contributed by atoms with E-state index in [1.807, 2.05) is 0 Å². The molecule has 0 fully saturated rings. The van der Waals surface area contributed by atoms with Gasteiger partial charge in [-0.15, -0.1) is 0 Å². The van der Waals surface area contributed by atoms with E-state index in [0.29, 0.717) is 18.7 Å². The third-order valence-electron chi connectivity index (χ3n) is 3.48. The number of ether oxygens (including phenoxy) is 1. The Morgan fingerprint density at radius 2 is 1.06 bits per heavy atom. The maximum Gasteiger partial charge on any atom is 0.469 e. The molecule has 0 spiro atoms. The van der Waals surface area contributed by atoms with Crippen molar-refractivity contribution in [2.45, 2.75) is 92.2 Å². The summed E-state index contributed by atoms with van der Waals surface area (Å²) in [7, 11) is -8.16. The molecule has 35 heavy (non-hydrogen) atoms. The van der Waals surface area contributed by atoms with Crippen LogP contribution in [-0.4, -0.2) is 71.2 Å². The predicted octanol–water partition coefficient (Wildman–Crippen LogP) is 4.25. The number of nitrogens with one attached hydrogen (secondary N) is 2. The van der Waals surface area contributed by atoms with Crippen molar-refractivity contribution in [1.29, 1.82) is 0 Å². The number of hydrogen-bond acceptors (Lipinski definition) is 7. The first kappa shape index (κ1) is 36.1. The Hall–Kier alpha value is -1.10. The van der Waals surface area contributed by atoms with Gasteiger partial charge in [0.25, 0.3) is 0 Å². The summed E-state index contributed by atoms with van der Waals surface area (Å²) < 4.78 is 24.4. The van der Waals surface area contributed by atoms with Crippen molar-refractivity contribution in [3.63, 3.8) is 0 Å². The van der Waals surface area contributed by atoms with E-state index in [1.165, 1.54) is 6.92 Å². The lowest BCUT2D eigenvalue weighted by Crippen LogP contribution is -2.60. The fourth-order valence-corrected chi connectivity index (χ4v) is 17.3. The molecular weight excluding hydrogens is 517 g/mol. The SMILES string of the molecule is C=C(C)C(=O)OCCNC(C)=O.CC(=O)NCCC[Si](O[Si](C)(C)C)(O[Si](C)(C)C)O[Si](C)(C)C. The molecule has 0 aromatic carbocycles. The Labute approximate surface area is 217 Å². The first-order valence-corrected chi connectivity index (χ1v) is 24.2. The normalized spacial score (nSPS) is 12.2. The summed E-state index contributed by atoms with van der Waals surface area (Å²) in [6.45, 7) is 28.8. The van der Waals surface area contributed by atoms with E-state index in [-0.39, 0.29) is 18.4 Å². The topological polar surface area (TPSA) is 112 Å². The highest BCUT2D eigenvalue weighted by atomic mass is 28.5. The van der Waals surface area contributed by atoms with Gasteiger partial charge in [0, 0.05) is 32.0 Å². The van der Waals surface area contributed by atoms with E-state index in [2.05, 4.69) is 76.1 Å². The van der Waals surface area contributed by atoms with Crippen LogP contribution in [0.15, 0.2) is 12.2 Å². The van der Waals surface area contributed by atoms with Crippen molar-refractivity contribution >= 4 is 51.5 Å². The number of amides is 2. The van der Waals surface area contributed by atoms with E-state index in [1.54, 1.807) is 13.8 Å². The zero-order valence-corrected chi connectivity index (χ0v) is 28.1. The zero-order valence-electron chi connectivity index (χ0n) is 24.1. The van der Waals surface area contributed by atoms with E-state index in [4.69, 9.17) is 17.1 Å². The predicted molar refractivity (Wildman–Crippen MR) is 152 cm³/mol. The molecule has 0 aliphatic rings. The van der Waals surface area contributed by atoms with Crippen LogP contribution in [0, 0.1) is 0 Å². The standard InChI is InChI=1S/C14H37NO4Si4.C8H13NO3/c1-14(16)15-12-11-13-23(17-20(2,3)4,18-21(5,6)7)19-22(8,9)10;1-6(2)8(11)12-5-4-9-7(3)10/h11-13H2,1-10H3,(H,15,16);1,4-5H2,2-3H3,(H,9,10). The monoisotopic (exact) mass is 566 g/mol. The molecule has 13 heteroatoms. The quantitative estimate of drug-likeness (QED) is 0.140. The van der Waals surface area contributed by atoms with Gasteiger partial charge in [0.15, 0.2) is 25.0 Å². The molecular formula is C22H50N2O7Si4. The minimum atomic E-state index is -2.74. The van der Waals surface area contributed by atoms with E-state index in [9.17, 15) is 14.4 Å². The molecule has 0 atom stereocenters. The highest BCUT2D eigenvalue weighted by Gasteiger charge is 2.49. The number of carbonyl (C=O) groups is 3. The van der Waals surface area contributed by atoms with Crippen LogP contribution in [0.2, 0.25) is 65.0 Å². The second kappa shape index (κ2) is 15.9. The Bertz CT molecular complexity index is 659. The summed E-state index contributed by atoms with van der Waals surface area (Å²) in [5, 5.41) is 5.35. The van der Waals surface area contributed by atoms with Gasteiger partial charge in [-0.05, 0) is 72.3 Å². The van der Waals surface area contributed by atoms with Crippen molar-refractivity contribution in [2.24, 2.45) is 0 Å². The van der Waals surface area contributed by atoms with Crippen LogP contribution >= 0.6 is 0 Å². The first-order chi connectivity index (χ1) is 15.6. The van der Waals surface area contributed by atoms with Crippen molar-refractivity contribution in [2.75, 3.05) is 19.7 Å². The Morgan fingerprint density at radius 3 is 1.37 bits per heavy atom. The molecule has 0 rings (SSSR count). The summed E-state index contributed by atoms with van der Waals surface area (Å²) in [5.41, 5.74) is 0.359. The molecule has 9 nitrogen and oxygen atoms in total. The van der Waals surface area contributed by atoms with Crippen LogP contribution in [0.3, 0.4) is 0 Å². The minimum absolute atomic E-state index is 0.000566. The second-order valence-corrected chi connectivity index (χ2v) is 28.3. The average Bonchev–Trinajstić information content (AvgIpc) is 2.57. The lowest BCUT2D eigenvalue weighted by molar-refractivity contribution is -0.139. The smallest absolute Gasteiger partial charge is 0.460 e. The highest BCUT2D eigenvalue weighted by molar-refractivity contribution is 6.90. The third kappa shape index (κ3) is 24.4. The van der Waals surface area contributed by atoms with Gasteiger partial charge in [0.2, 0.25) is 11.8 Å². The van der Waals surface area contributed by atoms with Crippen LogP contribution in [0.4, 0.5) is 0 Å². The van der Waals surface area contributed by atoms with E-state index >= 15 is 0 Å². The number of esters is 1. The molecule has 0 bridgehead atoms. The van der Waals surface area contributed by atoms with Crippen LogP contribution in [0.25, 0.3) is 0 Å². The fourth-order valence-electron chi connectivity index (χ4n) is 2.68. The summed E-state index contributed by atoms with van der Waals surface area (Å²) in [5.74, 6) is -0.567. The van der Waals surface area contributed by atoms with Gasteiger partial charge in [0.1, 0.15) is 6.61 Å². The molecule has 0 saturated carbocycles. The number of rotatable bonds is 14. The summed E-state index contributed by atoms with van der Waals surface area (Å²) in [6.07, 6.45) is 0.825. The van der Waals surface area contributed by atoms with Gasteiger partial charge in [-0.1, -0.05) is 6.58 Å². The molecule has 0 aromatic rings. The second-order valence-electron chi connectivity index (χ2n) is 11.3. The van der Waals surface area contributed by atoms with Crippen LogP contribution < -0.4 is 10.6 Å². The summed E-state index contributed by atoms with van der Waals surface area (Å²) >= 11 is 0. The van der Waals surface area contributed by atoms with Gasteiger partial charge in [0.05, 0.1) is 6.54 Å². The van der Waals surface area contributed by atoms with Crippen molar-refractivity contribution in [3.05, 3.63) is 12.2 Å². The highest BCUT2D eigenvalue weighted by Crippen LogP contribution is 2.29. The van der Waals surface area contributed by atoms with Crippen LogP contribution in [-0.2, 0) is 31.5 Å². The van der Waals surface area contributed by atoms with Gasteiger partial charge in [-0.3, -0.25) is 9.59 Å². The minimum Gasteiger partial charge on any atom is -0.460 e. The van der Waals surface area contributed by atoms with Gasteiger partial charge in [-0.25, -0.2) is 4.79 Å². The molecule has 2 amide bonds. The lowest BCUT2D eigenvalue weighted by atomic mass is 10.4. The van der Waals surface area contributed by atoms with Crippen molar-refractivity contribution in [3.8, 4) is 0 Å². The molecule has 206 valence electrons. The van der Waals surface area contributed by atoms with Crippen molar-refractivity contribution in [1.82, 2.24) is 10.6 Å². The fraction of sp³-hybridized carbons (Fsp3) is 0.773. The Balaban J connectivity index is 0. The molecule has 0 aliphatic carbocycles. The zero-order chi connectivity index (χ0) is 28.1. The van der Waals surface area contributed by atoms with Crippen molar-refractivity contribution < 1.29 is 31.5 Å². The molecule has 0 radical (unpaired) electrons. The molecule has 2 N–H and O–H groups in total. The van der Waals surface area contributed by atoms with E-state index in [0.717, 1.165) is 12.5 Å². The molecule has 0 saturated heterocycles. The third-order valence-corrected chi connectivity index (χ3v) is 15.5. The Morgan fingerprint density at radius 1 is 0.686 bits per heavy atom. The number of hydrogen-bond donors (Lipinski definition) is 2. The molecule has 0 unspecified atom stereocenters. The van der Waals surface area contributed by atoms with E-state index < -0.39 is 39.7 Å². The first-order valence-electron chi connectivity index (χ1n) is 12.0. The molecule has 0 heterocycles. The Kier molecular flexibility index (Phi) is 16.4. The maximum absolute atomic E-state index is 11.1. The van der Waals surface area contributed by atoms with Gasteiger partial charge < -0.3 is 27.7 Å². The molecule has 0 aromatic heterocycles. The lowest BCUT2D eigenvalue weighted by Gasteiger charge is -2.43. The average molecular weight is 567 g/mol. The number of carbonyl (C=O) groups excluding carboxylic acids is 3.